The van der Waals surface area contributed by atoms with Gasteiger partial charge in [-0.05, 0) is 47.2 Å². The van der Waals surface area contributed by atoms with Crippen LogP contribution in [0.3, 0.4) is 0 Å². The Kier molecular flexibility index (Phi) is 4.81. The van der Waals surface area contributed by atoms with Gasteiger partial charge in [-0.25, -0.2) is 0 Å². The standard InChI is InChI=1S/C27H22N4/c1-31(20-9-3-2-4-10-20)21-17-15-19(16-18-21)29-30-27-25-14-8-6-12-23(25)22-11-5-7-13-24(22)26(27)28/h2-18H,28H2,1H3. The summed E-state index contributed by atoms with van der Waals surface area (Å²) >= 11 is 0. The van der Waals surface area contributed by atoms with E-state index in [4.69, 9.17) is 5.73 Å². The molecule has 5 aromatic carbocycles. The van der Waals surface area contributed by atoms with Crippen molar-refractivity contribution in [2.24, 2.45) is 10.2 Å². The third-order valence-electron chi connectivity index (χ3n) is 5.59. The zero-order chi connectivity index (χ0) is 21.2. The Morgan fingerprint density at radius 3 is 1.74 bits per heavy atom. The maximum absolute atomic E-state index is 6.52. The van der Waals surface area contributed by atoms with E-state index >= 15 is 0 Å². The number of rotatable bonds is 4. The van der Waals surface area contributed by atoms with Crippen LogP contribution in [0, 0.1) is 0 Å². The first kappa shape index (κ1) is 18.8. The van der Waals surface area contributed by atoms with E-state index in [1.807, 2.05) is 85.9 Å². The molecule has 0 atom stereocenters. The molecule has 0 aromatic heterocycles. The van der Waals surface area contributed by atoms with Gasteiger partial charge >= 0.3 is 0 Å². The van der Waals surface area contributed by atoms with Crippen LogP contribution in [0.1, 0.15) is 0 Å². The average Bonchev–Trinajstić information content (AvgIpc) is 2.84. The van der Waals surface area contributed by atoms with E-state index in [0.29, 0.717) is 11.4 Å². The van der Waals surface area contributed by atoms with Crippen LogP contribution in [-0.2, 0) is 0 Å². The van der Waals surface area contributed by atoms with Crippen LogP contribution in [0.2, 0.25) is 0 Å². The zero-order valence-corrected chi connectivity index (χ0v) is 17.2. The first-order valence-corrected chi connectivity index (χ1v) is 10.2. The van der Waals surface area contributed by atoms with Crippen molar-refractivity contribution < 1.29 is 0 Å². The Morgan fingerprint density at radius 2 is 1.06 bits per heavy atom. The minimum absolute atomic E-state index is 0.651. The maximum Gasteiger partial charge on any atom is 0.117 e. The second-order valence-corrected chi connectivity index (χ2v) is 7.46. The third-order valence-corrected chi connectivity index (χ3v) is 5.59. The van der Waals surface area contributed by atoms with Crippen LogP contribution in [0.25, 0.3) is 21.5 Å². The highest BCUT2D eigenvalue weighted by Gasteiger charge is 2.11. The number of hydrogen-bond donors (Lipinski definition) is 1. The van der Waals surface area contributed by atoms with E-state index in [-0.39, 0.29) is 0 Å². The molecule has 0 spiro atoms. The van der Waals surface area contributed by atoms with Gasteiger partial charge in [0.25, 0.3) is 0 Å². The summed E-state index contributed by atoms with van der Waals surface area (Å²) in [6.07, 6.45) is 0. The molecular formula is C27H22N4. The van der Waals surface area contributed by atoms with Crippen molar-refractivity contribution in [2.45, 2.75) is 0 Å². The molecule has 5 aromatic rings. The molecule has 0 saturated carbocycles. The van der Waals surface area contributed by atoms with Crippen molar-refractivity contribution in [3.05, 3.63) is 103 Å². The third kappa shape index (κ3) is 3.49. The Hall–Kier alpha value is -4.18. The van der Waals surface area contributed by atoms with Gasteiger partial charge in [0.2, 0.25) is 0 Å². The number of azo groups is 1. The number of fused-ring (bicyclic) bond motifs is 3. The van der Waals surface area contributed by atoms with Gasteiger partial charge in [0, 0.05) is 29.2 Å². The molecule has 150 valence electrons. The Labute approximate surface area is 181 Å². The largest absolute Gasteiger partial charge is 0.396 e. The van der Waals surface area contributed by atoms with Crippen molar-refractivity contribution >= 4 is 50.0 Å². The molecule has 5 rings (SSSR count). The lowest BCUT2D eigenvalue weighted by Gasteiger charge is -2.19. The molecule has 0 fully saturated rings. The van der Waals surface area contributed by atoms with Gasteiger partial charge in [-0.15, -0.1) is 5.11 Å². The maximum atomic E-state index is 6.52. The van der Waals surface area contributed by atoms with Gasteiger partial charge in [-0.1, -0.05) is 66.7 Å². The Morgan fingerprint density at radius 1 is 0.548 bits per heavy atom. The summed E-state index contributed by atoms with van der Waals surface area (Å²) in [5.41, 5.74) is 10.9. The summed E-state index contributed by atoms with van der Waals surface area (Å²) in [6.45, 7) is 0. The highest BCUT2D eigenvalue weighted by molar-refractivity contribution is 6.18. The number of benzene rings is 5. The average molecular weight is 403 g/mol. The molecule has 0 aliphatic rings. The summed E-state index contributed by atoms with van der Waals surface area (Å²) < 4.78 is 0. The fourth-order valence-electron chi connectivity index (χ4n) is 3.91. The molecular weight excluding hydrogens is 380 g/mol. The topological polar surface area (TPSA) is 54.0 Å². The number of anilines is 3. The van der Waals surface area contributed by atoms with Crippen LogP contribution in [-0.4, -0.2) is 7.05 Å². The minimum Gasteiger partial charge on any atom is -0.396 e. The molecule has 0 aliphatic carbocycles. The summed E-state index contributed by atoms with van der Waals surface area (Å²) in [4.78, 5) is 2.13. The van der Waals surface area contributed by atoms with Crippen LogP contribution >= 0.6 is 0 Å². The normalized spacial score (nSPS) is 11.4. The van der Waals surface area contributed by atoms with Gasteiger partial charge in [0.15, 0.2) is 0 Å². The highest BCUT2D eigenvalue weighted by atomic mass is 15.1. The lowest BCUT2D eigenvalue weighted by atomic mass is 9.99. The second-order valence-electron chi connectivity index (χ2n) is 7.46. The molecule has 0 amide bonds. The van der Waals surface area contributed by atoms with Crippen molar-refractivity contribution in [3.8, 4) is 0 Å². The molecule has 0 bridgehead atoms. The van der Waals surface area contributed by atoms with Gasteiger partial charge in [0.05, 0.1) is 11.4 Å². The molecule has 0 aliphatic heterocycles. The van der Waals surface area contributed by atoms with E-state index in [0.717, 1.165) is 38.6 Å². The molecule has 2 N–H and O–H groups in total. The van der Waals surface area contributed by atoms with E-state index in [2.05, 4.69) is 39.4 Å². The Balaban J connectivity index is 1.51. The fourth-order valence-corrected chi connectivity index (χ4v) is 3.91. The van der Waals surface area contributed by atoms with Crippen molar-refractivity contribution in [3.63, 3.8) is 0 Å². The lowest BCUT2D eigenvalue weighted by Crippen LogP contribution is -2.08. The lowest BCUT2D eigenvalue weighted by molar-refractivity contribution is 1.20. The van der Waals surface area contributed by atoms with E-state index in [9.17, 15) is 0 Å². The summed E-state index contributed by atoms with van der Waals surface area (Å²) in [5.74, 6) is 0. The van der Waals surface area contributed by atoms with E-state index in [1.54, 1.807) is 0 Å². The summed E-state index contributed by atoms with van der Waals surface area (Å²) in [6, 6.07) is 34.6. The van der Waals surface area contributed by atoms with Gasteiger partial charge in [-0.3, -0.25) is 0 Å². The zero-order valence-electron chi connectivity index (χ0n) is 17.2. The van der Waals surface area contributed by atoms with Gasteiger partial charge < -0.3 is 10.6 Å². The predicted octanol–water partition coefficient (Wildman–Crippen LogP) is 7.76. The molecule has 0 unspecified atom stereocenters. The first-order chi connectivity index (χ1) is 15.2. The monoisotopic (exact) mass is 402 g/mol. The predicted molar refractivity (Wildman–Crippen MR) is 131 cm³/mol. The van der Waals surface area contributed by atoms with Crippen LogP contribution < -0.4 is 10.6 Å². The number of nitrogen functional groups attached to an aromatic ring is 1. The van der Waals surface area contributed by atoms with Gasteiger partial charge in [0.1, 0.15) is 5.69 Å². The first-order valence-electron chi connectivity index (χ1n) is 10.2. The molecule has 4 heteroatoms. The molecule has 4 nitrogen and oxygen atoms in total. The van der Waals surface area contributed by atoms with Crippen LogP contribution in [0.5, 0.6) is 0 Å². The quantitative estimate of drug-likeness (QED) is 0.190. The van der Waals surface area contributed by atoms with Crippen molar-refractivity contribution in [1.82, 2.24) is 0 Å². The van der Waals surface area contributed by atoms with E-state index in [1.165, 1.54) is 0 Å². The fraction of sp³-hybridized carbons (Fsp3) is 0.0370. The summed E-state index contributed by atoms with van der Waals surface area (Å²) in [7, 11) is 2.05. The Bertz CT molecular complexity index is 1390. The summed E-state index contributed by atoms with van der Waals surface area (Å²) in [5, 5.41) is 13.3. The minimum atomic E-state index is 0.651. The molecule has 0 radical (unpaired) electrons. The van der Waals surface area contributed by atoms with E-state index < -0.39 is 0 Å². The smallest absolute Gasteiger partial charge is 0.117 e. The molecule has 31 heavy (non-hydrogen) atoms. The second kappa shape index (κ2) is 7.92. The number of hydrogen-bond acceptors (Lipinski definition) is 4. The molecule has 0 heterocycles. The number of nitrogens with zero attached hydrogens (tertiary/aromatic N) is 3. The number of para-hydroxylation sites is 1. The highest BCUT2D eigenvalue weighted by Crippen LogP contribution is 2.40. The van der Waals surface area contributed by atoms with Crippen molar-refractivity contribution in [2.75, 3.05) is 17.7 Å². The van der Waals surface area contributed by atoms with Gasteiger partial charge in [-0.2, -0.15) is 5.11 Å². The van der Waals surface area contributed by atoms with Crippen LogP contribution in [0.15, 0.2) is 113 Å². The SMILES string of the molecule is CN(c1ccccc1)c1ccc(N=Nc2c(N)c3ccccc3c3ccccc23)cc1. The molecule has 0 saturated heterocycles. The number of nitrogens with two attached hydrogens (primary N) is 1. The van der Waals surface area contributed by atoms with Crippen molar-refractivity contribution in [1.29, 1.82) is 0 Å². The van der Waals surface area contributed by atoms with Crippen LogP contribution in [0.4, 0.5) is 28.4 Å².